The number of amides is 1. The number of hydrogen-bond donors (Lipinski definition) is 1. The van der Waals surface area contributed by atoms with Crippen LogP contribution in [-0.2, 0) is 11.3 Å². The number of carbonyl (C=O) groups is 1. The first-order chi connectivity index (χ1) is 11.7. The van der Waals surface area contributed by atoms with Gasteiger partial charge in [0, 0.05) is 11.0 Å². The molecule has 0 saturated heterocycles. The number of halogens is 1. The highest BCUT2D eigenvalue weighted by molar-refractivity contribution is 9.10. The van der Waals surface area contributed by atoms with E-state index in [1.165, 1.54) is 0 Å². The molecule has 24 heavy (non-hydrogen) atoms. The van der Waals surface area contributed by atoms with Crippen molar-refractivity contribution in [2.75, 3.05) is 13.3 Å². The molecule has 2 aromatic carbocycles. The molecule has 0 fully saturated rings. The number of fused-ring (bicyclic) bond motifs is 1. The smallest absolute Gasteiger partial charge is 0.407 e. The Bertz CT molecular complexity index is 746. The van der Waals surface area contributed by atoms with E-state index in [0.29, 0.717) is 12.3 Å². The molecule has 0 atom stereocenters. The fraction of sp³-hybridized carbons (Fsp3) is 0.167. The van der Waals surface area contributed by atoms with Crippen molar-refractivity contribution in [2.45, 2.75) is 6.61 Å². The Morgan fingerprint density at radius 2 is 1.96 bits per heavy atom. The zero-order chi connectivity index (χ0) is 16.8. The lowest BCUT2D eigenvalue weighted by atomic mass is 10.2. The minimum atomic E-state index is -0.451. The summed E-state index contributed by atoms with van der Waals surface area (Å²) < 4.78 is 16.7. The Kier molecular flexibility index (Phi) is 5.38. The van der Waals surface area contributed by atoms with Crippen LogP contribution in [0.3, 0.4) is 0 Å². The van der Waals surface area contributed by atoms with Crippen molar-refractivity contribution < 1.29 is 19.0 Å². The summed E-state index contributed by atoms with van der Waals surface area (Å²) in [7, 11) is 0. The van der Waals surface area contributed by atoms with E-state index in [-0.39, 0.29) is 13.4 Å². The maximum absolute atomic E-state index is 11.6. The summed E-state index contributed by atoms with van der Waals surface area (Å²) in [5.41, 5.74) is 1.89. The normalized spacial score (nSPS) is 12.4. The molecule has 5 nitrogen and oxygen atoms in total. The van der Waals surface area contributed by atoms with Crippen LogP contribution in [0.5, 0.6) is 11.5 Å². The van der Waals surface area contributed by atoms with Gasteiger partial charge < -0.3 is 19.5 Å². The summed E-state index contributed by atoms with van der Waals surface area (Å²) in [6, 6.07) is 13.3. The largest absolute Gasteiger partial charge is 0.454 e. The summed E-state index contributed by atoms with van der Waals surface area (Å²) in [6.07, 6.45) is 3.28. The average molecular weight is 390 g/mol. The number of rotatable bonds is 5. The second-order valence-electron chi connectivity index (χ2n) is 5.07. The van der Waals surface area contributed by atoms with Gasteiger partial charge in [0.2, 0.25) is 6.79 Å². The molecule has 124 valence electrons. The third-order valence-corrected chi connectivity index (χ3v) is 4.05. The quantitative estimate of drug-likeness (QED) is 0.835. The van der Waals surface area contributed by atoms with Gasteiger partial charge in [-0.3, -0.25) is 0 Å². The third kappa shape index (κ3) is 4.29. The van der Waals surface area contributed by atoms with Gasteiger partial charge in [-0.2, -0.15) is 0 Å². The van der Waals surface area contributed by atoms with Gasteiger partial charge in [0.05, 0.1) is 0 Å². The zero-order valence-corrected chi connectivity index (χ0v) is 14.4. The molecular formula is C18H16BrNO4. The molecule has 1 aliphatic heterocycles. The van der Waals surface area contributed by atoms with E-state index in [1.54, 1.807) is 0 Å². The van der Waals surface area contributed by atoms with Crippen molar-refractivity contribution >= 4 is 28.1 Å². The van der Waals surface area contributed by atoms with Crippen molar-refractivity contribution in [1.29, 1.82) is 0 Å². The molecule has 0 saturated carbocycles. The van der Waals surface area contributed by atoms with Gasteiger partial charge in [-0.05, 0) is 23.3 Å². The summed E-state index contributed by atoms with van der Waals surface area (Å²) >= 11 is 3.48. The first-order valence-corrected chi connectivity index (χ1v) is 8.22. The van der Waals surface area contributed by atoms with Crippen LogP contribution >= 0.6 is 15.9 Å². The van der Waals surface area contributed by atoms with Crippen molar-refractivity contribution in [1.82, 2.24) is 5.32 Å². The second-order valence-corrected chi connectivity index (χ2v) is 5.93. The molecule has 0 radical (unpaired) electrons. The summed E-state index contributed by atoms with van der Waals surface area (Å²) in [5, 5.41) is 2.68. The molecule has 0 aromatic heterocycles. The van der Waals surface area contributed by atoms with E-state index in [1.807, 2.05) is 54.6 Å². The molecule has 0 aliphatic carbocycles. The fourth-order valence-corrected chi connectivity index (χ4v) is 2.62. The van der Waals surface area contributed by atoms with Gasteiger partial charge in [-0.15, -0.1) is 0 Å². The van der Waals surface area contributed by atoms with E-state index in [9.17, 15) is 4.79 Å². The second kappa shape index (κ2) is 7.88. The van der Waals surface area contributed by atoms with Crippen molar-refractivity contribution in [3.8, 4) is 11.5 Å². The summed E-state index contributed by atoms with van der Waals surface area (Å²) in [6.45, 7) is 0.863. The van der Waals surface area contributed by atoms with Gasteiger partial charge in [0.15, 0.2) is 11.5 Å². The molecule has 1 N–H and O–H groups in total. The van der Waals surface area contributed by atoms with E-state index < -0.39 is 6.09 Å². The van der Waals surface area contributed by atoms with Crippen LogP contribution in [0.1, 0.15) is 11.1 Å². The Balaban J connectivity index is 1.46. The third-order valence-electron chi connectivity index (χ3n) is 3.37. The Morgan fingerprint density at radius 1 is 1.21 bits per heavy atom. The Hall–Kier alpha value is -2.47. The lowest BCUT2D eigenvalue weighted by Crippen LogP contribution is -2.24. The molecule has 0 unspecified atom stereocenters. The van der Waals surface area contributed by atoms with Gasteiger partial charge in [0.25, 0.3) is 0 Å². The van der Waals surface area contributed by atoms with Crippen LogP contribution in [0.4, 0.5) is 4.79 Å². The Labute approximate surface area is 148 Å². The minimum Gasteiger partial charge on any atom is -0.454 e. The summed E-state index contributed by atoms with van der Waals surface area (Å²) in [5.74, 6) is 1.44. The molecule has 1 aliphatic rings. The van der Waals surface area contributed by atoms with Crippen molar-refractivity contribution in [3.63, 3.8) is 0 Å². The van der Waals surface area contributed by atoms with E-state index in [2.05, 4.69) is 21.2 Å². The molecule has 0 spiro atoms. The minimum absolute atomic E-state index is 0.240. The first kappa shape index (κ1) is 16.4. The van der Waals surface area contributed by atoms with Crippen LogP contribution in [0.25, 0.3) is 6.08 Å². The molecule has 0 bridgehead atoms. The standard InChI is InChI=1S/C18H16BrNO4/c19-15-10-17-16(23-12-24-17)9-14(15)7-4-8-20-18(21)22-11-13-5-2-1-3-6-13/h1-7,9-10H,8,11-12H2,(H,20,21). The van der Waals surface area contributed by atoms with Crippen LogP contribution < -0.4 is 14.8 Å². The van der Waals surface area contributed by atoms with Gasteiger partial charge in [-0.25, -0.2) is 4.79 Å². The molecule has 2 aromatic rings. The predicted octanol–water partition coefficient (Wildman–Crippen LogP) is 4.12. The van der Waals surface area contributed by atoms with E-state index in [4.69, 9.17) is 14.2 Å². The van der Waals surface area contributed by atoms with Gasteiger partial charge in [-0.1, -0.05) is 58.4 Å². The van der Waals surface area contributed by atoms with Crippen molar-refractivity contribution in [2.24, 2.45) is 0 Å². The highest BCUT2D eigenvalue weighted by atomic mass is 79.9. The zero-order valence-electron chi connectivity index (χ0n) is 12.8. The molecule has 6 heteroatoms. The maximum Gasteiger partial charge on any atom is 0.407 e. The monoisotopic (exact) mass is 389 g/mol. The number of alkyl carbamates (subject to hydrolysis) is 1. The van der Waals surface area contributed by atoms with E-state index in [0.717, 1.165) is 21.3 Å². The van der Waals surface area contributed by atoms with Crippen LogP contribution in [0, 0.1) is 0 Å². The number of benzene rings is 2. The molecule has 1 amide bonds. The van der Waals surface area contributed by atoms with Gasteiger partial charge >= 0.3 is 6.09 Å². The lowest BCUT2D eigenvalue weighted by Gasteiger charge is -2.05. The topological polar surface area (TPSA) is 56.8 Å². The first-order valence-electron chi connectivity index (χ1n) is 7.42. The molecular weight excluding hydrogens is 374 g/mol. The highest BCUT2D eigenvalue weighted by Crippen LogP contribution is 2.37. The van der Waals surface area contributed by atoms with E-state index >= 15 is 0 Å². The maximum atomic E-state index is 11.6. The number of carbonyl (C=O) groups excluding carboxylic acids is 1. The SMILES string of the molecule is O=C(NCC=Cc1cc2c(cc1Br)OCO2)OCc1ccccc1. The predicted molar refractivity (Wildman–Crippen MR) is 93.9 cm³/mol. The molecule has 3 rings (SSSR count). The summed E-state index contributed by atoms with van der Waals surface area (Å²) in [4.78, 5) is 11.6. The fourth-order valence-electron chi connectivity index (χ4n) is 2.16. The van der Waals surface area contributed by atoms with Crippen molar-refractivity contribution in [3.05, 3.63) is 64.1 Å². The highest BCUT2D eigenvalue weighted by Gasteiger charge is 2.15. The Morgan fingerprint density at radius 3 is 2.75 bits per heavy atom. The van der Waals surface area contributed by atoms with Crippen LogP contribution in [0.2, 0.25) is 0 Å². The number of nitrogens with one attached hydrogen (secondary N) is 1. The number of hydrogen-bond acceptors (Lipinski definition) is 4. The molecule has 1 heterocycles. The average Bonchev–Trinajstić information content (AvgIpc) is 3.05. The van der Waals surface area contributed by atoms with Crippen LogP contribution in [0.15, 0.2) is 53.0 Å². The van der Waals surface area contributed by atoms with Gasteiger partial charge in [0.1, 0.15) is 6.61 Å². The lowest BCUT2D eigenvalue weighted by molar-refractivity contribution is 0.141. The number of ether oxygens (including phenoxy) is 3. The van der Waals surface area contributed by atoms with Crippen LogP contribution in [-0.4, -0.2) is 19.4 Å².